The normalized spacial score (nSPS) is 10.1. The summed E-state index contributed by atoms with van der Waals surface area (Å²) in [5.74, 6) is 1.58. The molecule has 0 fully saturated rings. The zero-order valence-electron chi connectivity index (χ0n) is 10.6. The van der Waals surface area contributed by atoms with Gasteiger partial charge in [-0.1, -0.05) is 6.07 Å². The largest absolute Gasteiger partial charge is 0.493 e. The average Bonchev–Trinajstić information content (AvgIpc) is 2.41. The van der Waals surface area contributed by atoms with E-state index in [9.17, 15) is 0 Å². The molecule has 1 aromatic carbocycles. The molecular formula is C14H16N2O2. The fourth-order valence-corrected chi connectivity index (χ4v) is 1.78. The molecule has 4 nitrogen and oxygen atoms in total. The smallest absolute Gasteiger partial charge is 0.130 e. The first-order valence-electron chi connectivity index (χ1n) is 6.00. The first kappa shape index (κ1) is 12.4. The summed E-state index contributed by atoms with van der Waals surface area (Å²) < 4.78 is 11.3. The quantitative estimate of drug-likeness (QED) is 0.811. The number of nitrogens with zero attached hydrogens (tertiary/aromatic N) is 2. The summed E-state index contributed by atoms with van der Waals surface area (Å²) in [4.78, 5) is 8.08. The number of ether oxygens (including phenoxy) is 2. The van der Waals surface area contributed by atoms with Crippen LogP contribution in [0.2, 0.25) is 0 Å². The lowest BCUT2D eigenvalue weighted by atomic mass is 10.1. The highest BCUT2D eigenvalue weighted by molar-refractivity contribution is 5.75. The van der Waals surface area contributed by atoms with Crippen LogP contribution in [0.3, 0.4) is 0 Å². The molecule has 0 aliphatic heterocycles. The Hall–Kier alpha value is -2.10. The molecule has 2 rings (SSSR count). The molecule has 0 spiro atoms. The van der Waals surface area contributed by atoms with E-state index in [-0.39, 0.29) is 0 Å². The predicted octanol–water partition coefficient (Wildman–Crippen LogP) is 2.94. The molecule has 0 saturated carbocycles. The summed E-state index contributed by atoms with van der Waals surface area (Å²) in [6, 6.07) is 5.77. The van der Waals surface area contributed by atoms with E-state index in [2.05, 4.69) is 9.97 Å². The summed E-state index contributed by atoms with van der Waals surface area (Å²) in [5, 5.41) is 0. The second-order valence-electron chi connectivity index (χ2n) is 3.62. The van der Waals surface area contributed by atoms with Crippen molar-refractivity contribution >= 4 is 0 Å². The Morgan fingerprint density at radius 2 is 1.50 bits per heavy atom. The maximum Gasteiger partial charge on any atom is 0.130 e. The van der Waals surface area contributed by atoms with E-state index in [0.717, 1.165) is 22.6 Å². The van der Waals surface area contributed by atoms with Crippen LogP contribution in [-0.4, -0.2) is 23.2 Å². The molecule has 18 heavy (non-hydrogen) atoms. The average molecular weight is 244 g/mol. The van der Waals surface area contributed by atoms with Gasteiger partial charge in [-0.15, -0.1) is 0 Å². The molecule has 0 radical (unpaired) electrons. The summed E-state index contributed by atoms with van der Waals surface area (Å²) in [7, 11) is 0. The van der Waals surface area contributed by atoms with Gasteiger partial charge < -0.3 is 9.47 Å². The van der Waals surface area contributed by atoms with E-state index in [1.165, 1.54) is 6.33 Å². The van der Waals surface area contributed by atoms with Gasteiger partial charge in [0, 0.05) is 18.0 Å². The zero-order chi connectivity index (χ0) is 12.8. The van der Waals surface area contributed by atoms with E-state index in [1.807, 2.05) is 32.0 Å². The van der Waals surface area contributed by atoms with Gasteiger partial charge in [0.2, 0.25) is 0 Å². The molecule has 1 aromatic heterocycles. The molecule has 1 heterocycles. The van der Waals surface area contributed by atoms with Gasteiger partial charge in [-0.3, -0.25) is 0 Å². The first-order valence-corrected chi connectivity index (χ1v) is 6.00. The van der Waals surface area contributed by atoms with Crippen LogP contribution >= 0.6 is 0 Å². The van der Waals surface area contributed by atoms with E-state index in [0.29, 0.717) is 13.2 Å². The lowest BCUT2D eigenvalue weighted by Crippen LogP contribution is -1.99. The highest BCUT2D eigenvalue weighted by Crippen LogP contribution is 2.37. The van der Waals surface area contributed by atoms with Crippen LogP contribution < -0.4 is 9.47 Å². The van der Waals surface area contributed by atoms with Gasteiger partial charge in [0.15, 0.2) is 0 Å². The minimum atomic E-state index is 0.607. The fourth-order valence-electron chi connectivity index (χ4n) is 1.78. The van der Waals surface area contributed by atoms with Gasteiger partial charge >= 0.3 is 0 Å². The Morgan fingerprint density at radius 3 is 2.00 bits per heavy atom. The fraction of sp³-hybridized carbons (Fsp3) is 0.286. The Balaban J connectivity index is 2.53. The number of aromatic nitrogens is 2. The van der Waals surface area contributed by atoms with Crippen LogP contribution in [0.1, 0.15) is 13.8 Å². The number of rotatable bonds is 5. The van der Waals surface area contributed by atoms with Crippen molar-refractivity contribution in [2.45, 2.75) is 13.8 Å². The van der Waals surface area contributed by atoms with Crippen LogP contribution in [0, 0.1) is 0 Å². The van der Waals surface area contributed by atoms with Gasteiger partial charge in [-0.05, 0) is 26.0 Å². The molecule has 0 aliphatic rings. The Kier molecular flexibility index (Phi) is 4.12. The molecular weight excluding hydrogens is 228 g/mol. The summed E-state index contributed by atoms with van der Waals surface area (Å²) in [6.45, 7) is 5.13. The third kappa shape index (κ3) is 2.59. The Morgan fingerprint density at radius 1 is 0.944 bits per heavy atom. The Labute approximate surface area is 107 Å². The highest BCUT2D eigenvalue weighted by atomic mass is 16.5. The third-order valence-electron chi connectivity index (χ3n) is 2.44. The molecule has 0 atom stereocenters. The third-order valence-corrected chi connectivity index (χ3v) is 2.44. The monoisotopic (exact) mass is 244 g/mol. The van der Waals surface area contributed by atoms with Gasteiger partial charge in [0.25, 0.3) is 0 Å². The maximum atomic E-state index is 5.64. The molecule has 0 N–H and O–H groups in total. The van der Waals surface area contributed by atoms with Crippen molar-refractivity contribution in [3.05, 3.63) is 36.9 Å². The van der Waals surface area contributed by atoms with Gasteiger partial charge in [0.05, 0.1) is 18.8 Å². The maximum absolute atomic E-state index is 5.64. The van der Waals surface area contributed by atoms with Crippen molar-refractivity contribution in [2.24, 2.45) is 0 Å². The van der Waals surface area contributed by atoms with Crippen molar-refractivity contribution < 1.29 is 9.47 Å². The van der Waals surface area contributed by atoms with Crippen LogP contribution in [-0.2, 0) is 0 Å². The number of hydrogen-bond acceptors (Lipinski definition) is 4. The molecule has 0 unspecified atom stereocenters. The number of benzene rings is 1. The minimum absolute atomic E-state index is 0.607. The minimum Gasteiger partial charge on any atom is -0.493 e. The van der Waals surface area contributed by atoms with Crippen LogP contribution in [0.4, 0.5) is 0 Å². The SMILES string of the molecule is CCOc1cccc(OCC)c1-c1cncnc1. The van der Waals surface area contributed by atoms with E-state index in [4.69, 9.17) is 9.47 Å². The highest BCUT2D eigenvalue weighted by Gasteiger charge is 2.13. The van der Waals surface area contributed by atoms with Crippen LogP contribution in [0.15, 0.2) is 36.9 Å². The van der Waals surface area contributed by atoms with Crippen molar-refractivity contribution in [1.82, 2.24) is 9.97 Å². The van der Waals surface area contributed by atoms with Crippen molar-refractivity contribution in [2.75, 3.05) is 13.2 Å². The predicted molar refractivity (Wildman–Crippen MR) is 69.8 cm³/mol. The van der Waals surface area contributed by atoms with Crippen LogP contribution in [0.25, 0.3) is 11.1 Å². The van der Waals surface area contributed by atoms with E-state index < -0.39 is 0 Å². The van der Waals surface area contributed by atoms with Gasteiger partial charge in [-0.2, -0.15) is 0 Å². The van der Waals surface area contributed by atoms with Crippen molar-refractivity contribution in [3.63, 3.8) is 0 Å². The van der Waals surface area contributed by atoms with Crippen molar-refractivity contribution in [1.29, 1.82) is 0 Å². The molecule has 94 valence electrons. The standard InChI is InChI=1S/C14H16N2O2/c1-3-17-12-6-5-7-13(18-4-2)14(12)11-8-15-10-16-9-11/h5-10H,3-4H2,1-2H3. The zero-order valence-corrected chi connectivity index (χ0v) is 10.6. The second kappa shape index (κ2) is 6.00. The number of hydrogen-bond donors (Lipinski definition) is 0. The molecule has 0 bridgehead atoms. The van der Waals surface area contributed by atoms with E-state index >= 15 is 0 Å². The topological polar surface area (TPSA) is 44.2 Å². The lowest BCUT2D eigenvalue weighted by molar-refractivity contribution is 0.325. The van der Waals surface area contributed by atoms with Gasteiger partial charge in [0.1, 0.15) is 17.8 Å². The van der Waals surface area contributed by atoms with Crippen molar-refractivity contribution in [3.8, 4) is 22.6 Å². The molecule has 0 aliphatic carbocycles. The summed E-state index contributed by atoms with van der Waals surface area (Å²) >= 11 is 0. The van der Waals surface area contributed by atoms with Crippen LogP contribution in [0.5, 0.6) is 11.5 Å². The second-order valence-corrected chi connectivity index (χ2v) is 3.62. The van der Waals surface area contributed by atoms with E-state index in [1.54, 1.807) is 12.4 Å². The Bertz CT molecular complexity index is 476. The first-order chi connectivity index (χ1) is 8.86. The summed E-state index contributed by atoms with van der Waals surface area (Å²) in [6.07, 6.45) is 5.02. The molecule has 0 saturated heterocycles. The molecule has 2 aromatic rings. The lowest BCUT2D eigenvalue weighted by Gasteiger charge is -2.14. The molecule has 0 amide bonds. The summed E-state index contributed by atoms with van der Waals surface area (Å²) in [5.41, 5.74) is 1.80. The van der Waals surface area contributed by atoms with Gasteiger partial charge in [-0.25, -0.2) is 9.97 Å². The molecule has 4 heteroatoms.